The predicted octanol–water partition coefficient (Wildman–Crippen LogP) is 4.61. The molecule has 0 aliphatic carbocycles. The molecule has 0 aliphatic heterocycles. The van der Waals surface area contributed by atoms with Crippen LogP contribution in [0.4, 0.5) is 29.9 Å². The number of halogens is 4. The van der Waals surface area contributed by atoms with Gasteiger partial charge in [0.1, 0.15) is 17.5 Å². The van der Waals surface area contributed by atoms with Crippen LogP contribution in [-0.2, 0) is 6.54 Å². The Morgan fingerprint density at radius 3 is 2.53 bits per heavy atom. The highest BCUT2D eigenvalue weighted by molar-refractivity contribution is 7.22. The lowest BCUT2D eigenvalue weighted by atomic mass is 10.2. The summed E-state index contributed by atoms with van der Waals surface area (Å²) in [6.07, 6.45) is 2.82. The Labute approximate surface area is 221 Å². The summed E-state index contributed by atoms with van der Waals surface area (Å²) in [6.45, 7) is 1.21. The van der Waals surface area contributed by atoms with Crippen molar-refractivity contribution >= 4 is 49.9 Å². The summed E-state index contributed by atoms with van der Waals surface area (Å²) in [6, 6.07) is 5.79. The largest absolute Gasteiger partial charge is 0.365 e. The van der Waals surface area contributed by atoms with E-state index in [4.69, 9.17) is 11.6 Å². The van der Waals surface area contributed by atoms with Gasteiger partial charge in [0, 0.05) is 30.9 Å². The Morgan fingerprint density at radius 2 is 1.79 bits per heavy atom. The van der Waals surface area contributed by atoms with Gasteiger partial charge in [-0.1, -0.05) is 22.9 Å². The quantitative estimate of drug-likeness (QED) is 0.293. The topological polar surface area (TPSA) is 107 Å². The van der Waals surface area contributed by atoms with Crippen molar-refractivity contribution in [2.24, 2.45) is 0 Å². The lowest BCUT2D eigenvalue weighted by molar-refractivity contribution is 0.559. The maximum Gasteiger partial charge on any atom is 0.359 e. The third kappa shape index (κ3) is 4.73. The number of hydrogen-bond acceptors (Lipinski definition) is 8. The van der Waals surface area contributed by atoms with E-state index < -0.39 is 35.4 Å². The molecule has 0 saturated carbocycles. The first-order valence-corrected chi connectivity index (χ1v) is 12.2. The molecule has 3 aromatic heterocycles. The lowest BCUT2D eigenvalue weighted by Gasteiger charge is -2.16. The van der Waals surface area contributed by atoms with Gasteiger partial charge in [0.15, 0.2) is 5.13 Å². The molecular weight excluding hydrogens is 543 g/mol. The third-order valence-electron chi connectivity index (χ3n) is 5.54. The van der Waals surface area contributed by atoms with Gasteiger partial charge in [-0.15, -0.1) is 0 Å². The monoisotopic (exact) mass is 559 g/mol. The molecule has 0 amide bonds. The van der Waals surface area contributed by atoms with Gasteiger partial charge in [-0.3, -0.25) is 9.55 Å². The maximum atomic E-state index is 15.0. The molecule has 194 valence electrons. The van der Waals surface area contributed by atoms with E-state index in [9.17, 15) is 22.8 Å². The first kappa shape index (κ1) is 25.4. The second kappa shape index (κ2) is 9.91. The lowest BCUT2D eigenvalue weighted by Crippen LogP contribution is -2.42. The average molecular weight is 560 g/mol. The van der Waals surface area contributed by atoms with Crippen LogP contribution in [0.1, 0.15) is 11.1 Å². The third-order valence-corrected chi connectivity index (χ3v) is 6.87. The van der Waals surface area contributed by atoms with Crippen molar-refractivity contribution in [1.82, 2.24) is 24.1 Å². The van der Waals surface area contributed by atoms with E-state index >= 15 is 0 Å². The number of nitrogens with one attached hydrogen (secondary N) is 2. The zero-order valence-corrected chi connectivity index (χ0v) is 21.3. The summed E-state index contributed by atoms with van der Waals surface area (Å²) in [5.74, 6) is -3.05. The SMILES string of the molecule is CNc1nc2cc(F)c(Nc3nc(=O)n(-c4cncc(C)c4)c(=O)n3Cc3cc(Cl)c(F)cc3F)cc2s1. The molecule has 9 nitrogen and oxygen atoms in total. The minimum absolute atomic E-state index is 0.101. The van der Waals surface area contributed by atoms with Gasteiger partial charge >= 0.3 is 11.4 Å². The number of rotatable bonds is 6. The maximum absolute atomic E-state index is 15.0. The second-order valence-corrected chi connectivity index (χ2v) is 9.63. The van der Waals surface area contributed by atoms with Gasteiger partial charge in [0.2, 0.25) is 5.95 Å². The number of benzene rings is 2. The van der Waals surface area contributed by atoms with Crippen molar-refractivity contribution in [3.8, 4) is 5.69 Å². The summed E-state index contributed by atoms with van der Waals surface area (Å²) < 4.78 is 45.7. The second-order valence-electron chi connectivity index (χ2n) is 8.19. The van der Waals surface area contributed by atoms with Gasteiger partial charge in [0.05, 0.1) is 39.4 Å². The highest BCUT2D eigenvalue weighted by Crippen LogP contribution is 2.31. The number of hydrogen-bond donors (Lipinski definition) is 2. The van der Waals surface area contributed by atoms with E-state index in [2.05, 4.69) is 25.6 Å². The zero-order chi connectivity index (χ0) is 27.1. The molecular formula is C24H17ClF3N7O2S. The molecule has 0 unspecified atom stereocenters. The average Bonchev–Trinajstić information content (AvgIpc) is 3.26. The number of aromatic nitrogens is 5. The van der Waals surface area contributed by atoms with Crippen LogP contribution in [0.25, 0.3) is 15.9 Å². The van der Waals surface area contributed by atoms with Crippen molar-refractivity contribution in [2.75, 3.05) is 17.7 Å². The normalized spacial score (nSPS) is 11.2. The fourth-order valence-corrected chi connectivity index (χ4v) is 4.77. The molecule has 0 fully saturated rings. The number of pyridine rings is 1. The van der Waals surface area contributed by atoms with E-state index in [1.807, 2.05) is 0 Å². The highest BCUT2D eigenvalue weighted by Gasteiger charge is 2.20. The highest BCUT2D eigenvalue weighted by atomic mass is 35.5. The van der Waals surface area contributed by atoms with E-state index in [0.717, 1.165) is 15.2 Å². The first-order valence-electron chi connectivity index (χ1n) is 11.0. The van der Waals surface area contributed by atoms with Crippen molar-refractivity contribution in [1.29, 1.82) is 0 Å². The minimum Gasteiger partial charge on any atom is -0.365 e. The van der Waals surface area contributed by atoms with Gasteiger partial charge < -0.3 is 10.6 Å². The zero-order valence-electron chi connectivity index (χ0n) is 19.7. The smallest absolute Gasteiger partial charge is 0.359 e. The molecule has 3 heterocycles. The summed E-state index contributed by atoms with van der Waals surface area (Å²) in [4.78, 5) is 38.8. The van der Waals surface area contributed by atoms with E-state index in [1.54, 1.807) is 20.0 Å². The van der Waals surface area contributed by atoms with E-state index in [-0.39, 0.29) is 27.9 Å². The molecule has 2 N–H and O–H groups in total. The Morgan fingerprint density at radius 1 is 1.00 bits per heavy atom. The molecule has 38 heavy (non-hydrogen) atoms. The summed E-state index contributed by atoms with van der Waals surface area (Å²) in [5, 5.41) is 5.75. The van der Waals surface area contributed by atoms with Crippen LogP contribution < -0.4 is 22.0 Å². The molecule has 5 rings (SSSR count). The first-order chi connectivity index (χ1) is 18.1. The molecule has 0 spiro atoms. The van der Waals surface area contributed by atoms with Gasteiger partial charge in [-0.2, -0.15) is 4.98 Å². The Bertz CT molecular complexity index is 1840. The Kier molecular flexibility index (Phi) is 6.63. The molecule has 14 heteroatoms. The van der Waals surface area contributed by atoms with Crippen molar-refractivity contribution < 1.29 is 13.2 Å². The fraction of sp³-hybridized carbons (Fsp3) is 0.125. The Balaban J connectivity index is 1.69. The van der Waals surface area contributed by atoms with Crippen LogP contribution in [0.2, 0.25) is 5.02 Å². The molecule has 0 aliphatic rings. The molecule has 0 saturated heterocycles. The fourth-order valence-electron chi connectivity index (χ4n) is 3.74. The van der Waals surface area contributed by atoms with E-state index in [1.165, 1.54) is 35.9 Å². The molecule has 2 aromatic carbocycles. The molecule has 5 aromatic rings. The number of aryl methyl sites for hydroxylation is 1. The number of anilines is 3. The van der Waals surface area contributed by atoms with E-state index in [0.29, 0.717) is 27.0 Å². The summed E-state index contributed by atoms with van der Waals surface area (Å²) in [7, 11) is 1.68. The summed E-state index contributed by atoms with van der Waals surface area (Å²) in [5.41, 5.74) is -0.961. The van der Waals surface area contributed by atoms with Crippen LogP contribution >= 0.6 is 22.9 Å². The molecule has 0 atom stereocenters. The van der Waals surface area contributed by atoms with Crippen molar-refractivity contribution in [3.05, 3.63) is 97.3 Å². The number of thiazole rings is 1. The van der Waals surface area contributed by atoms with Crippen molar-refractivity contribution in [3.63, 3.8) is 0 Å². The number of fused-ring (bicyclic) bond motifs is 1. The van der Waals surface area contributed by atoms with Crippen molar-refractivity contribution in [2.45, 2.75) is 13.5 Å². The van der Waals surface area contributed by atoms with Gasteiger partial charge in [-0.25, -0.2) is 32.3 Å². The van der Waals surface area contributed by atoms with Crippen LogP contribution in [0.15, 0.2) is 52.3 Å². The molecule has 0 radical (unpaired) electrons. The number of nitrogens with zero attached hydrogens (tertiary/aromatic N) is 5. The summed E-state index contributed by atoms with van der Waals surface area (Å²) >= 11 is 7.10. The van der Waals surface area contributed by atoms with Gasteiger partial charge in [0.25, 0.3) is 0 Å². The van der Waals surface area contributed by atoms with Crippen LogP contribution in [-0.4, -0.2) is 31.1 Å². The minimum atomic E-state index is -0.978. The Hall–Kier alpha value is -4.23. The van der Waals surface area contributed by atoms with Gasteiger partial charge in [-0.05, 0) is 30.7 Å². The van der Waals surface area contributed by atoms with Crippen LogP contribution in [0.3, 0.4) is 0 Å². The standard InChI is InChI=1S/C24H17ClF3N7O2S/c1-11-3-13(9-30-8-11)35-23(36)33-21(31-18-7-20-19(6-17(18)28)32-22(29-2)38-20)34(24(35)37)10-12-4-14(25)16(27)5-15(12)26/h3-9H,10H2,1-2H3,(H,29,32)(H,31,33,36). The molecule has 0 bridgehead atoms. The van der Waals surface area contributed by atoms with Crippen LogP contribution in [0.5, 0.6) is 0 Å². The van der Waals surface area contributed by atoms with Crippen LogP contribution in [0, 0.1) is 24.4 Å². The predicted molar refractivity (Wildman–Crippen MR) is 140 cm³/mol.